The molecule has 1 unspecified atom stereocenters. The minimum absolute atomic E-state index is 0.0862. The van der Waals surface area contributed by atoms with Gasteiger partial charge in [-0.2, -0.15) is 0 Å². The molecule has 6 nitrogen and oxygen atoms in total. The molecule has 0 aliphatic heterocycles. The number of hydrogen-bond donors (Lipinski definition) is 0. The molecule has 0 radical (unpaired) electrons. The lowest BCUT2D eigenvalue weighted by Crippen LogP contribution is -2.30. The minimum atomic E-state index is -0.787. The molecule has 0 bridgehead atoms. The monoisotopic (exact) mass is 939 g/mol. The van der Waals surface area contributed by atoms with Gasteiger partial charge in [-0.25, -0.2) is 0 Å². The molecule has 0 fully saturated rings. The molecule has 0 N–H and O–H groups in total. The zero-order valence-corrected chi connectivity index (χ0v) is 44.7. The molecule has 0 aromatic rings. The Morgan fingerprint density at radius 2 is 0.537 bits per heavy atom. The van der Waals surface area contributed by atoms with Gasteiger partial charge in [0, 0.05) is 19.3 Å². The number of hydrogen-bond acceptors (Lipinski definition) is 6. The highest BCUT2D eigenvalue weighted by Gasteiger charge is 2.19. The minimum Gasteiger partial charge on any atom is -0.462 e. The van der Waals surface area contributed by atoms with Crippen molar-refractivity contribution in [2.24, 2.45) is 0 Å². The molecule has 0 aromatic carbocycles. The van der Waals surface area contributed by atoms with E-state index in [1.54, 1.807) is 0 Å². The van der Waals surface area contributed by atoms with Gasteiger partial charge in [0.15, 0.2) is 6.10 Å². The van der Waals surface area contributed by atoms with Crippen molar-refractivity contribution in [1.29, 1.82) is 0 Å². The Kier molecular flexibility index (Phi) is 53.8. The standard InChI is InChI=1S/C61H110O6/c1-4-7-10-13-16-19-22-25-28-30-32-33-36-39-42-45-48-51-54-60(63)66-57-58(56-65-59(62)53-50-47-44-41-38-35-27-24-21-18-15-12-9-6-3)67-61(64)55-52-49-46-43-40-37-34-31-29-26-23-20-17-14-11-8-5-2/h26,28-30,32-33,35,38,58H,4-25,27,31,34,36-37,39-57H2,1-3H3/b29-26-,30-28-,33-32-,38-35-. The van der Waals surface area contributed by atoms with Crippen molar-refractivity contribution in [3.8, 4) is 0 Å². The fourth-order valence-corrected chi connectivity index (χ4v) is 8.36. The third kappa shape index (κ3) is 54.2. The van der Waals surface area contributed by atoms with E-state index in [2.05, 4.69) is 69.4 Å². The van der Waals surface area contributed by atoms with Crippen molar-refractivity contribution in [3.05, 3.63) is 48.6 Å². The maximum atomic E-state index is 12.9. The first kappa shape index (κ1) is 64.4. The summed E-state index contributed by atoms with van der Waals surface area (Å²) in [5.41, 5.74) is 0. The van der Waals surface area contributed by atoms with Crippen LogP contribution in [0.1, 0.15) is 303 Å². The lowest BCUT2D eigenvalue weighted by molar-refractivity contribution is -0.167. The Bertz CT molecular complexity index is 1170. The van der Waals surface area contributed by atoms with Crippen LogP contribution in [-0.4, -0.2) is 37.2 Å². The van der Waals surface area contributed by atoms with Crippen molar-refractivity contribution in [2.75, 3.05) is 13.2 Å². The molecule has 0 rings (SSSR count). The fraction of sp³-hybridized carbons (Fsp3) is 0.820. The molecule has 0 saturated carbocycles. The summed E-state index contributed by atoms with van der Waals surface area (Å²) in [5.74, 6) is -0.907. The van der Waals surface area contributed by atoms with E-state index in [1.165, 1.54) is 173 Å². The van der Waals surface area contributed by atoms with E-state index in [4.69, 9.17) is 14.2 Å². The summed E-state index contributed by atoms with van der Waals surface area (Å²) in [6.45, 7) is 6.63. The first-order valence-electron chi connectivity index (χ1n) is 29.2. The van der Waals surface area contributed by atoms with Gasteiger partial charge in [-0.1, -0.05) is 236 Å². The smallest absolute Gasteiger partial charge is 0.306 e. The number of rotatable bonds is 53. The Balaban J connectivity index is 4.40. The molecule has 0 heterocycles. The number of esters is 3. The average molecular weight is 940 g/mol. The van der Waals surface area contributed by atoms with E-state index < -0.39 is 6.10 Å². The zero-order chi connectivity index (χ0) is 48.6. The Hall–Kier alpha value is -2.63. The lowest BCUT2D eigenvalue weighted by atomic mass is 10.1. The van der Waals surface area contributed by atoms with Crippen LogP contribution in [-0.2, 0) is 28.6 Å². The highest BCUT2D eigenvalue weighted by atomic mass is 16.6. The SMILES string of the molecule is CCCCCCCC/C=C\CCCCCCCCCC(=O)OC(COC(=O)CCCCC/C=C\CCCCCCCCC)COC(=O)CCCCCCC/C=C\C=C/CCCCCCCCC. The molecule has 0 aliphatic rings. The van der Waals surface area contributed by atoms with E-state index in [1.807, 2.05) is 0 Å². The van der Waals surface area contributed by atoms with Gasteiger partial charge in [-0.15, -0.1) is 0 Å². The number of carbonyl (C=O) groups excluding carboxylic acids is 3. The number of unbranched alkanes of at least 4 members (excludes halogenated alkanes) is 35. The van der Waals surface area contributed by atoms with Crippen molar-refractivity contribution >= 4 is 17.9 Å². The first-order valence-corrected chi connectivity index (χ1v) is 29.2. The summed E-state index contributed by atoms with van der Waals surface area (Å²) in [6.07, 6.45) is 68.1. The largest absolute Gasteiger partial charge is 0.462 e. The third-order valence-electron chi connectivity index (χ3n) is 12.8. The Labute approximate surface area is 416 Å². The predicted molar refractivity (Wildman–Crippen MR) is 289 cm³/mol. The van der Waals surface area contributed by atoms with Crippen molar-refractivity contribution in [2.45, 2.75) is 309 Å². The lowest BCUT2D eigenvalue weighted by Gasteiger charge is -2.18. The van der Waals surface area contributed by atoms with E-state index in [9.17, 15) is 14.4 Å². The van der Waals surface area contributed by atoms with Crippen LogP contribution < -0.4 is 0 Å². The summed E-state index contributed by atoms with van der Waals surface area (Å²) in [7, 11) is 0. The van der Waals surface area contributed by atoms with Gasteiger partial charge in [0.1, 0.15) is 13.2 Å². The maximum Gasteiger partial charge on any atom is 0.306 e. The second kappa shape index (κ2) is 56.0. The zero-order valence-electron chi connectivity index (χ0n) is 44.7. The summed E-state index contributed by atoms with van der Waals surface area (Å²) in [5, 5.41) is 0. The van der Waals surface area contributed by atoms with Gasteiger partial charge < -0.3 is 14.2 Å². The van der Waals surface area contributed by atoms with E-state index in [0.717, 1.165) is 89.9 Å². The third-order valence-corrected chi connectivity index (χ3v) is 12.8. The van der Waals surface area contributed by atoms with Crippen LogP contribution >= 0.6 is 0 Å². The van der Waals surface area contributed by atoms with Crippen LogP contribution in [0.25, 0.3) is 0 Å². The van der Waals surface area contributed by atoms with Crippen molar-refractivity contribution < 1.29 is 28.6 Å². The molecule has 6 heteroatoms. The van der Waals surface area contributed by atoms with Gasteiger partial charge in [-0.3, -0.25) is 14.4 Å². The first-order chi connectivity index (χ1) is 33.0. The fourth-order valence-electron chi connectivity index (χ4n) is 8.36. The summed E-state index contributed by atoms with van der Waals surface area (Å²) in [6, 6.07) is 0. The summed E-state index contributed by atoms with van der Waals surface area (Å²) < 4.78 is 16.8. The van der Waals surface area contributed by atoms with E-state index in [-0.39, 0.29) is 31.1 Å². The highest BCUT2D eigenvalue weighted by molar-refractivity contribution is 5.71. The molecular weight excluding hydrogens is 829 g/mol. The van der Waals surface area contributed by atoms with Crippen LogP contribution in [0.4, 0.5) is 0 Å². The average Bonchev–Trinajstić information content (AvgIpc) is 3.33. The van der Waals surface area contributed by atoms with Gasteiger partial charge in [0.05, 0.1) is 0 Å². The molecule has 0 spiro atoms. The van der Waals surface area contributed by atoms with Crippen LogP contribution in [0.3, 0.4) is 0 Å². The number of carbonyl (C=O) groups is 3. The molecular formula is C61H110O6. The van der Waals surface area contributed by atoms with Gasteiger partial charge in [0.25, 0.3) is 0 Å². The molecule has 0 amide bonds. The van der Waals surface area contributed by atoms with E-state index in [0.29, 0.717) is 19.3 Å². The predicted octanol–water partition coefficient (Wildman–Crippen LogP) is 19.4. The molecule has 67 heavy (non-hydrogen) atoms. The molecule has 0 saturated heterocycles. The molecule has 0 aliphatic carbocycles. The van der Waals surface area contributed by atoms with Gasteiger partial charge >= 0.3 is 17.9 Å². The highest BCUT2D eigenvalue weighted by Crippen LogP contribution is 2.15. The Morgan fingerprint density at radius 3 is 0.851 bits per heavy atom. The molecule has 0 aromatic heterocycles. The van der Waals surface area contributed by atoms with Gasteiger partial charge in [0.2, 0.25) is 0 Å². The van der Waals surface area contributed by atoms with Crippen LogP contribution in [0.5, 0.6) is 0 Å². The second-order valence-corrected chi connectivity index (χ2v) is 19.6. The van der Waals surface area contributed by atoms with Crippen LogP contribution in [0.2, 0.25) is 0 Å². The Morgan fingerprint density at radius 1 is 0.299 bits per heavy atom. The van der Waals surface area contributed by atoms with E-state index >= 15 is 0 Å². The second-order valence-electron chi connectivity index (χ2n) is 19.6. The van der Waals surface area contributed by atoms with Crippen molar-refractivity contribution in [3.63, 3.8) is 0 Å². The molecule has 1 atom stereocenters. The van der Waals surface area contributed by atoms with Crippen LogP contribution in [0, 0.1) is 0 Å². The summed E-state index contributed by atoms with van der Waals surface area (Å²) >= 11 is 0. The van der Waals surface area contributed by atoms with Crippen molar-refractivity contribution in [1.82, 2.24) is 0 Å². The summed E-state index contributed by atoms with van der Waals surface area (Å²) in [4.78, 5) is 38.1. The molecule has 390 valence electrons. The quantitative estimate of drug-likeness (QED) is 0.0199. The maximum absolute atomic E-state index is 12.9. The number of ether oxygens (including phenoxy) is 3. The number of allylic oxidation sites excluding steroid dienone is 8. The van der Waals surface area contributed by atoms with Gasteiger partial charge in [-0.05, 0) is 96.3 Å². The topological polar surface area (TPSA) is 78.9 Å². The normalized spacial score (nSPS) is 12.3. The van der Waals surface area contributed by atoms with Crippen LogP contribution in [0.15, 0.2) is 48.6 Å².